The largest absolute Gasteiger partial charge is 0.352 e. The summed E-state index contributed by atoms with van der Waals surface area (Å²) >= 11 is 0. The quantitative estimate of drug-likeness (QED) is 0.892. The highest BCUT2D eigenvalue weighted by molar-refractivity contribution is 5.78. The first-order valence-corrected chi connectivity index (χ1v) is 8.54. The van der Waals surface area contributed by atoms with Gasteiger partial charge in [0, 0.05) is 31.1 Å². The zero-order valence-corrected chi connectivity index (χ0v) is 13.2. The number of nitrogens with one attached hydrogen (secondary N) is 1. The minimum absolute atomic E-state index is 0.116. The van der Waals surface area contributed by atoms with Gasteiger partial charge in [-0.1, -0.05) is 49.6 Å². The Balaban J connectivity index is 1.50. The Morgan fingerprint density at radius 3 is 2.59 bits per heavy atom. The maximum absolute atomic E-state index is 12.2. The van der Waals surface area contributed by atoms with Crippen LogP contribution in [0.4, 0.5) is 0 Å². The molecule has 0 aromatic heterocycles. The Hall–Kier alpha value is -1.39. The van der Waals surface area contributed by atoms with Crippen LogP contribution in [0.15, 0.2) is 30.3 Å². The predicted octanol–water partition coefficient (Wildman–Crippen LogP) is 1.86. The maximum Gasteiger partial charge on any atom is 0.234 e. The van der Waals surface area contributed by atoms with Gasteiger partial charge in [0.05, 0.1) is 6.54 Å². The van der Waals surface area contributed by atoms with Crippen LogP contribution in [-0.4, -0.2) is 42.5 Å². The number of amides is 1. The average Bonchev–Trinajstić information content (AvgIpc) is 2.89. The number of rotatable bonds is 4. The van der Waals surface area contributed by atoms with E-state index in [2.05, 4.69) is 34.5 Å². The van der Waals surface area contributed by atoms with Gasteiger partial charge >= 0.3 is 0 Å². The number of nitrogens with two attached hydrogens (primary N) is 1. The van der Waals surface area contributed by atoms with Crippen molar-refractivity contribution in [1.82, 2.24) is 10.2 Å². The third-order valence-corrected chi connectivity index (χ3v) is 5.01. The molecule has 0 spiro atoms. The van der Waals surface area contributed by atoms with Crippen LogP contribution in [0.3, 0.4) is 0 Å². The van der Waals surface area contributed by atoms with Crippen molar-refractivity contribution in [1.29, 1.82) is 0 Å². The van der Waals surface area contributed by atoms with E-state index < -0.39 is 0 Å². The number of likely N-dealkylation sites (tertiary alicyclic amines) is 1. The Morgan fingerprint density at radius 2 is 1.86 bits per heavy atom. The smallest absolute Gasteiger partial charge is 0.234 e. The first-order chi connectivity index (χ1) is 10.7. The van der Waals surface area contributed by atoms with Gasteiger partial charge in [-0.3, -0.25) is 9.69 Å². The van der Waals surface area contributed by atoms with Gasteiger partial charge in [0.2, 0.25) is 5.91 Å². The fourth-order valence-corrected chi connectivity index (χ4v) is 3.82. The Morgan fingerprint density at radius 1 is 1.14 bits per heavy atom. The summed E-state index contributed by atoms with van der Waals surface area (Å²) in [5.41, 5.74) is 7.57. The summed E-state index contributed by atoms with van der Waals surface area (Å²) in [4.78, 5) is 14.4. The lowest BCUT2D eigenvalue weighted by Gasteiger charge is -2.24. The summed E-state index contributed by atoms with van der Waals surface area (Å²) < 4.78 is 0. The van der Waals surface area contributed by atoms with Crippen molar-refractivity contribution in [3.05, 3.63) is 35.9 Å². The molecule has 2 aliphatic rings. The molecular formula is C18H27N3O. The number of carbonyl (C=O) groups is 1. The van der Waals surface area contributed by atoms with Crippen molar-refractivity contribution in [3.8, 4) is 0 Å². The van der Waals surface area contributed by atoms with Crippen LogP contribution in [0.2, 0.25) is 0 Å². The highest BCUT2D eigenvalue weighted by atomic mass is 16.2. The molecule has 4 heteroatoms. The molecule has 4 nitrogen and oxygen atoms in total. The van der Waals surface area contributed by atoms with Crippen LogP contribution >= 0.6 is 0 Å². The molecule has 0 radical (unpaired) electrons. The van der Waals surface area contributed by atoms with Gasteiger partial charge in [-0.05, 0) is 18.4 Å². The second kappa shape index (κ2) is 7.25. The third-order valence-electron chi connectivity index (χ3n) is 5.01. The number of benzene rings is 1. The molecule has 3 N–H and O–H groups in total. The molecule has 1 aromatic carbocycles. The van der Waals surface area contributed by atoms with Crippen molar-refractivity contribution in [3.63, 3.8) is 0 Å². The van der Waals surface area contributed by atoms with E-state index in [0.717, 1.165) is 25.9 Å². The van der Waals surface area contributed by atoms with E-state index in [-0.39, 0.29) is 11.9 Å². The average molecular weight is 301 g/mol. The molecule has 1 heterocycles. The molecule has 0 bridgehead atoms. The zero-order valence-electron chi connectivity index (χ0n) is 13.2. The second-order valence-corrected chi connectivity index (χ2v) is 6.78. The van der Waals surface area contributed by atoms with Crippen LogP contribution in [0.25, 0.3) is 0 Å². The van der Waals surface area contributed by atoms with Crippen LogP contribution in [0.5, 0.6) is 0 Å². The van der Waals surface area contributed by atoms with Gasteiger partial charge in [-0.15, -0.1) is 0 Å². The van der Waals surface area contributed by atoms with E-state index in [1.165, 1.54) is 24.8 Å². The highest BCUT2D eigenvalue weighted by Crippen LogP contribution is 2.26. The lowest BCUT2D eigenvalue weighted by molar-refractivity contribution is -0.122. The van der Waals surface area contributed by atoms with Gasteiger partial charge in [0.25, 0.3) is 0 Å². The van der Waals surface area contributed by atoms with Crippen molar-refractivity contribution in [2.24, 2.45) is 5.73 Å². The molecule has 22 heavy (non-hydrogen) atoms. The molecule has 2 fully saturated rings. The summed E-state index contributed by atoms with van der Waals surface area (Å²) in [7, 11) is 0. The molecule has 0 unspecified atom stereocenters. The van der Waals surface area contributed by atoms with E-state index in [0.29, 0.717) is 18.5 Å². The topological polar surface area (TPSA) is 58.4 Å². The Labute approximate surface area is 133 Å². The SMILES string of the molecule is N[C@@H]1CN(CC(=O)NC2CCCCC2)C[C@H]1c1ccccc1. The maximum atomic E-state index is 12.2. The molecule has 1 aliphatic carbocycles. The van der Waals surface area contributed by atoms with E-state index >= 15 is 0 Å². The first kappa shape index (κ1) is 15.5. The monoisotopic (exact) mass is 301 g/mol. The summed E-state index contributed by atoms with van der Waals surface area (Å²) in [5, 5.41) is 3.19. The number of hydrogen-bond donors (Lipinski definition) is 2. The summed E-state index contributed by atoms with van der Waals surface area (Å²) in [6.45, 7) is 2.16. The van der Waals surface area contributed by atoms with Crippen molar-refractivity contribution in [2.75, 3.05) is 19.6 Å². The van der Waals surface area contributed by atoms with Gasteiger partial charge in [0.1, 0.15) is 0 Å². The third kappa shape index (κ3) is 3.87. The number of carbonyl (C=O) groups excluding carboxylic acids is 1. The Bertz CT molecular complexity index is 484. The van der Waals surface area contributed by atoms with Crippen LogP contribution in [0, 0.1) is 0 Å². The molecular weight excluding hydrogens is 274 g/mol. The first-order valence-electron chi connectivity index (χ1n) is 8.54. The van der Waals surface area contributed by atoms with Gasteiger partial charge < -0.3 is 11.1 Å². The molecule has 3 rings (SSSR count). The predicted molar refractivity (Wildman–Crippen MR) is 88.6 cm³/mol. The fourth-order valence-electron chi connectivity index (χ4n) is 3.82. The second-order valence-electron chi connectivity index (χ2n) is 6.78. The molecule has 1 aromatic rings. The number of hydrogen-bond acceptors (Lipinski definition) is 3. The minimum Gasteiger partial charge on any atom is -0.352 e. The molecule has 1 saturated heterocycles. The standard InChI is InChI=1S/C18H27N3O/c19-17-12-21(11-16(17)14-7-3-1-4-8-14)13-18(22)20-15-9-5-2-6-10-15/h1,3-4,7-8,15-17H,2,5-6,9-13,19H2,(H,20,22)/t16-,17+/m0/s1. The molecule has 1 saturated carbocycles. The molecule has 2 atom stereocenters. The zero-order chi connectivity index (χ0) is 15.4. The number of nitrogens with zero attached hydrogens (tertiary/aromatic N) is 1. The fraction of sp³-hybridized carbons (Fsp3) is 0.611. The van der Waals surface area contributed by atoms with Crippen LogP contribution in [-0.2, 0) is 4.79 Å². The highest BCUT2D eigenvalue weighted by Gasteiger charge is 2.32. The van der Waals surface area contributed by atoms with Gasteiger partial charge in [0.15, 0.2) is 0 Å². The summed E-state index contributed by atoms with van der Waals surface area (Å²) in [6.07, 6.45) is 6.08. The van der Waals surface area contributed by atoms with Crippen molar-refractivity contribution in [2.45, 2.75) is 50.1 Å². The van der Waals surface area contributed by atoms with E-state index in [1.54, 1.807) is 0 Å². The van der Waals surface area contributed by atoms with E-state index in [4.69, 9.17) is 5.73 Å². The summed E-state index contributed by atoms with van der Waals surface area (Å²) in [5.74, 6) is 0.497. The van der Waals surface area contributed by atoms with Crippen molar-refractivity contribution < 1.29 is 4.79 Å². The van der Waals surface area contributed by atoms with E-state index in [1.807, 2.05) is 6.07 Å². The van der Waals surface area contributed by atoms with Gasteiger partial charge in [-0.2, -0.15) is 0 Å². The summed E-state index contributed by atoms with van der Waals surface area (Å²) in [6, 6.07) is 10.9. The molecule has 120 valence electrons. The lowest BCUT2D eigenvalue weighted by atomic mass is 9.95. The van der Waals surface area contributed by atoms with Crippen LogP contribution in [0.1, 0.15) is 43.6 Å². The van der Waals surface area contributed by atoms with Gasteiger partial charge in [-0.25, -0.2) is 0 Å². The lowest BCUT2D eigenvalue weighted by Crippen LogP contribution is -2.42. The van der Waals surface area contributed by atoms with E-state index in [9.17, 15) is 4.79 Å². The van der Waals surface area contributed by atoms with Crippen LogP contribution < -0.4 is 11.1 Å². The molecule has 1 amide bonds. The minimum atomic E-state index is 0.116. The van der Waals surface area contributed by atoms with Crippen molar-refractivity contribution >= 4 is 5.91 Å². The normalized spacial score (nSPS) is 27.0. The molecule has 1 aliphatic heterocycles. The Kier molecular flexibility index (Phi) is 5.11.